The Kier molecular flexibility index (Phi) is 9.29. The summed E-state index contributed by atoms with van der Waals surface area (Å²) in [5.41, 5.74) is 11.5. The van der Waals surface area contributed by atoms with Crippen LogP contribution in [0.15, 0.2) is 0 Å². The Morgan fingerprint density at radius 3 is 1.36 bits per heavy atom. The van der Waals surface area contributed by atoms with Gasteiger partial charge in [-0.25, -0.2) is 0 Å². The number of aliphatic hydroxyl groups excluding tert-OH is 2. The molecule has 2 unspecified atom stereocenters. The molecule has 2 atom stereocenters. The van der Waals surface area contributed by atoms with Gasteiger partial charge >= 0.3 is 0 Å². The van der Waals surface area contributed by atoms with Gasteiger partial charge in [0.1, 0.15) is 0 Å². The zero-order valence-electron chi connectivity index (χ0n) is 8.86. The normalized spacial score (nSPS) is 15.4. The van der Waals surface area contributed by atoms with Crippen LogP contribution in [0.2, 0.25) is 0 Å². The first-order chi connectivity index (χ1) is 6.70. The first-order valence-corrected chi connectivity index (χ1v) is 5.43. The van der Waals surface area contributed by atoms with E-state index in [2.05, 4.69) is 0 Å². The second-order valence-corrected chi connectivity index (χ2v) is 3.83. The van der Waals surface area contributed by atoms with Crippen LogP contribution < -0.4 is 11.5 Å². The quantitative estimate of drug-likeness (QED) is 0.397. The molecule has 0 spiro atoms. The zero-order valence-corrected chi connectivity index (χ0v) is 8.86. The van der Waals surface area contributed by atoms with Crippen molar-refractivity contribution in [1.82, 2.24) is 0 Å². The van der Waals surface area contributed by atoms with Gasteiger partial charge in [0.15, 0.2) is 0 Å². The molecule has 0 bridgehead atoms. The van der Waals surface area contributed by atoms with Crippen LogP contribution in [0.5, 0.6) is 0 Å². The fourth-order valence-electron chi connectivity index (χ4n) is 1.43. The van der Waals surface area contributed by atoms with Gasteiger partial charge in [-0.2, -0.15) is 0 Å². The fraction of sp³-hybridized carbons (Fsp3) is 1.00. The maximum absolute atomic E-state index is 8.62. The van der Waals surface area contributed by atoms with Crippen LogP contribution in [0.1, 0.15) is 38.5 Å². The van der Waals surface area contributed by atoms with Crippen LogP contribution in [0.25, 0.3) is 0 Å². The molecule has 0 fully saturated rings. The highest BCUT2D eigenvalue weighted by atomic mass is 16.3. The minimum Gasteiger partial charge on any atom is -0.396 e. The second-order valence-electron chi connectivity index (χ2n) is 3.83. The first kappa shape index (κ1) is 13.8. The molecule has 0 aromatic heterocycles. The van der Waals surface area contributed by atoms with Crippen molar-refractivity contribution in [2.45, 2.75) is 50.6 Å². The predicted octanol–water partition coefficient (Wildman–Crippen LogP) is -0.0338. The maximum Gasteiger partial charge on any atom is 0.0445 e. The van der Waals surface area contributed by atoms with Crippen LogP contribution in [0.3, 0.4) is 0 Å². The summed E-state index contributed by atoms with van der Waals surface area (Å²) in [5.74, 6) is 0. The van der Waals surface area contributed by atoms with Gasteiger partial charge in [0.2, 0.25) is 0 Å². The van der Waals surface area contributed by atoms with E-state index in [1.807, 2.05) is 0 Å². The van der Waals surface area contributed by atoms with Crippen molar-refractivity contribution in [3.05, 3.63) is 0 Å². The zero-order chi connectivity index (χ0) is 10.8. The molecule has 0 saturated carbocycles. The van der Waals surface area contributed by atoms with Crippen LogP contribution >= 0.6 is 0 Å². The Hall–Kier alpha value is -0.160. The third-order valence-electron chi connectivity index (χ3n) is 2.40. The Balaban J connectivity index is 3.19. The van der Waals surface area contributed by atoms with Crippen molar-refractivity contribution < 1.29 is 10.2 Å². The number of unbranched alkanes of at least 4 members (excludes halogenated alkanes) is 1. The molecule has 0 aliphatic rings. The van der Waals surface area contributed by atoms with E-state index in [0.29, 0.717) is 12.8 Å². The van der Waals surface area contributed by atoms with Gasteiger partial charge in [-0.3, -0.25) is 0 Å². The van der Waals surface area contributed by atoms with Gasteiger partial charge in [-0.05, 0) is 25.7 Å². The highest BCUT2D eigenvalue weighted by Crippen LogP contribution is 2.07. The maximum atomic E-state index is 8.62. The summed E-state index contributed by atoms with van der Waals surface area (Å²) in [6.07, 6.45) is 5.38. The number of hydrogen-bond acceptors (Lipinski definition) is 4. The van der Waals surface area contributed by atoms with E-state index >= 15 is 0 Å². The van der Waals surface area contributed by atoms with E-state index in [1.54, 1.807) is 0 Å². The molecule has 0 rings (SSSR count). The third kappa shape index (κ3) is 8.44. The molecule has 0 amide bonds. The van der Waals surface area contributed by atoms with E-state index in [0.717, 1.165) is 25.7 Å². The molecule has 0 saturated heterocycles. The number of nitrogens with two attached hydrogens (primary N) is 2. The monoisotopic (exact) mass is 204 g/mol. The standard InChI is InChI=1S/C10H24N2O2/c11-9(5-7-13)3-1-2-4-10(12)6-8-14/h9-10,13-14H,1-8,11-12H2. The van der Waals surface area contributed by atoms with Gasteiger partial charge in [-0.15, -0.1) is 0 Å². The van der Waals surface area contributed by atoms with Gasteiger partial charge in [0.05, 0.1) is 0 Å². The van der Waals surface area contributed by atoms with Crippen LogP contribution in [-0.4, -0.2) is 35.5 Å². The van der Waals surface area contributed by atoms with Crippen LogP contribution in [0, 0.1) is 0 Å². The van der Waals surface area contributed by atoms with Gasteiger partial charge in [-0.1, -0.05) is 12.8 Å². The lowest BCUT2D eigenvalue weighted by Gasteiger charge is -2.11. The Morgan fingerprint density at radius 1 is 0.714 bits per heavy atom. The largest absolute Gasteiger partial charge is 0.396 e. The lowest BCUT2D eigenvalue weighted by molar-refractivity contribution is 0.267. The number of hydrogen-bond donors (Lipinski definition) is 4. The molecule has 4 heteroatoms. The highest BCUT2D eigenvalue weighted by Gasteiger charge is 2.03. The van der Waals surface area contributed by atoms with Crippen molar-refractivity contribution in [3.63, 3.8) is 0 Å². The van der Waals surface area contributed by atoms with E-state index in [4.69, 9.17) is 21.7 Å². The van der Waals surface area contributed by atoms with Crippen molar-refractivity contribution in [3.8, 4) is 0 Å². The number of aliphatic hydroxyl groups is 2. The molecule has 14 heavy (non-hydrogen) atoms. The summed E-state index contributed by atoms with van der Waals surface area (Å²) in [6, 6.07) is 0.239. The van der Waals surface area contributed by atoms with E-state index in [9.17, 15) is 0 Å². The van der Waals surface area contributed by atoms with E-state index < -0.39 is 0 Å². The molecule has 0 radical (unpaired) electrons. The van der Waals surface area contributed by atoms with Crippen LogP contribution in [0.4, 0.5) is 0 Å². The predicted molar refractivity (Wildman–Crippen MR) is 57.8 cm³/mol. The molecule has 0 aromatic carbocycles. The molecule has 6 N–H and O–H groups in total. The van der Waals surface area contributed by atoms with Crippen molar-refractivity contribution in [2.75, 3.05) is 13.2 Å². The summed E-state index contributed by atoms with van der Waals surface area (Å²) in [6.45, 7) is 0.344. The van der Waals surface area contributed by atoms with E-state index in [1.165, 1.54) is 0 Å². The molecule has 86 valence electrons. The fourth-order valence-corrected chi connectivity index (χ4v) is 1.43. The minimum absolute atomic E-state index is 0.120. The van der Waals surface area contributed by atoms with E-state index in [-0.39, 0.29) is 25.3 Å². The van der Waals surface area contributed by atoms with Crippen molar-refractivity contribution in [1.29, 1.82) is 0 Å². The average molecular weight is 204 g/mol. The lowest BCUT2D eigenvalue weighted by Crippen LogP contribution is -2.23. The Labute approximate surface area is 86.3 Å². The molecule has 0 heterocycles. The van der Waals surface area contributed by atoms with Crippen LogP contribution in [-0.2, 0) is 0 Å². The van der Waals surface area contributed by atoms with Gasteiger partial charge < -0.3 is 21.7 Å². The average Bonchev–Trinajstić information content (AvgIpc) is 2.13. The van der Waals surface area contributed by atoms with Gasteiger partial charge in [0, 0.05) is 25.3 Å². The lowest BCUT2D eigenvalue weighted by atomic mass is 10.0. The Bertz CT molecular complexity index is 109. The molecule has 0 aromatic rings. The summed E-state index contributed by atoms with van der Waals surface area (Å²) < 4.78 is 0. The molecule has 4 nitrogen and oxygen atoms in total. The molecule has 0 aliphatic carbocycles. The third-order valence-corrected chi connectivity index (χ3v) is 2.40. The minimum atomic E-state index is 0.120. The topological polar surface area (TPSA) is 92.5 Å². The second kappa shape index (κ2) is 9.40. The van der Waals surface area contributed by atoms with Crippen molar-refractivity contribution in [2.24, 2.45) is 11.5 Å². The smallest absolute Gasteiger partial charge is 0.0445 e. The van der Waals surface area contributed by atoms with Gasteiger partial charge in [0.25, 0.3) is 0 Å². The summed E-state index contributed by atoms with van der Waals surface area (Å²) in [7, 11) is 0. The highest BCUT2D eigenvalue weighted by molar-refractivity contribution is 4.64. The van der Waals surface area contributed by atoms with Crippen molar-refractivity contribution >= 4 is 0 Å². The molecular weight excluding hydrogens is 180 g/mol. The molecular formula is C10H24N2O2. The molecule has 0 aliphatic heterocycles. The SMILES string of the molecule is NC(CCO)CCCCC(N)CCO. The summed E-state index contributed by atoms with van der Waals surface area (Å²) >= 11 is 0. The Morgan fingerprint density at radius 2 is 1.07 bits per heavy atom. The summed E-state index contributed by atoms with van der Waals surface area (Å²) in [5, 5.41) is 17.2. The summed E-state index contributed by atoms with van der Waals surface area (Å²) in [4.78, 5) is 0. The first-order valence-electron chi connectivity index (χ1n) is 5.43. The number of rotatable bonds is 9.